The average Bonchev–Trinajstić information content (AvgIpc) is 3.52. The van der Waals surface area contributed by atoms with Crippen molar-refractivity contribution in [3.8, 4) is 17.2 Å². The van der Waals surface area contributed by atoms with E-state index >= 15 is 4.79 Å². The molecule has 3 fully saturated rings. The number of likely N-dealkylation sites (tertiary alicyclic amines) is 1. The molecule has 4 aromatic carbocycles. The highest BCUT2D eigenvalue weighted by Crippen LogP contribution is 2.65. The molecule has 1 saturated carbocycles. The second-order valence-corrected chi connectivity index (χ2v) is 14.5. The summed E-state index contributed by atoms with van der Waals surface area (Å²) in [6.45, 7) is 0.0654. The molecule has 2 aliphatic heterocycles. The quantitative estimate of drug-likeness (QED) is 0.153. The van der Waals surface area contributed by atoms with Gasteiger partial charge >= 0.3 is 6.36 Å². The van der Waals surface area contributed by atoms with Crippen LogP contribution in [0.3, 0.4) is 0 Å². The van der Waals surface area contributed by atoms with Crippen molar-refractivity contribution in [2.24, 2.45) is 23.7 Å². The van der Waals surface area contributed by atoms with E-state index in [-0.39, 0.29) is 47.3 Å². The summed E-state index contributed by atoms with van der Waals surface area (Å²) < 4.78 is 45.0. The number of amides is 4. The number of phenols is 2. The molecule has 2 saturated heterocycles. The molecule has 8 rings (SSSR count). The normalized spacial score (nSPS) is 26.4. The number of hydrogen-bond donors (Lipinski definition) is 2. The first-order valence-corrected chi connectivity index (χ1v) is 17.8. The van der Waals surface area contributed by atoms with Gasteiger partial charge in [-0.2, -0.15) is 0 Å². The molecule has 0 radical (unpaired) electrons. The molecule has 9 nitrogen and oxygen atoms in total. The highest BCUT2D eigenvalue weighted by Gasteiger charge is 2.70. The van der Waals surface area contributed by atoms with Gasteiger partial charge in [-0.15, -0.1) is 13.2 Å². The Hall–Kier alpha value is -5.62. The van der Waals surface area contributed by atoms with Crippen molar-refractivity contribution in [2.45, 2.75) is 37.0 Å². The zero-order chi connectivity index (χ0) is 38.1. The predicted octanol–water partition coefficient (Wildman–Crippen LogP) is 7.05. The predicted molar refractivity (Wildman–Crippen MR) is 189 cm³/mol. The van der Waals surface area contributed by atoms with Crippen LogP contribution in [0.4, 0.5) is 18.9 Å². The van der Waals surface area contributed by atoms with Crippen LogP contribution in [0.15, 0.2) is 109 Å². The number of benzene rings is 4. The number of phenolic OH excluding ortho intramolecular Hbond substituents is 2. The van der Waals surface area contributed by atoms with E-state index in [0.717, 1.165) is 28.7 Å². The van der Waals surface area contributed by atoms with Crippen LogP contribution in [0.1, 0.15) is 35.4 Å². The van der Waals surface area contributed by atoms with Gasteiger partial charge in [-0.3, -0.25) is 24.1 Å². The number of ether oxygens (including phenoxy) is 1. The van der Waals surface area contributed by atoms with Crippen LogP contribution in [0.2, 0.25) is 5.02 Å². The molecule has 0 bridgehead atoms. The lowest BCUT2D eigenvalue weighted by Gasteiger charge is -2.50. The standard InChI is InChI=1S/C41H32ClF3N2O7/c42-24-7-4-8-25(19-24)47-37(51)32-21-30-28(14-15-29-34(30)38(52)46(36(29)50)18-17-22-9-11-26(48)12-10-22)35(40(32,39(47)53)23-5-2-1-3-6-23)31-20-27(13-16-33(31)49)54-41(43,44)45/h1-14,16,19-20,29-30,32,34-35,48-49H,15,17-18,21H2/t29-,30+,32-,34-,35+,40+/m0/s1. The third-order valence-corrected chi connectivity index (χ3v) is 11.6. The third kappa shape index (κ3) is 5.62. The van der Waals surface area contributed by atoms with Crippen molar-refractivity contribution >= 4 is 40.9 Å². The molecule has 4 amide bonds. The second kappa shape index (κ2) is 13.0. The Balaban J connectivity index is 1.30. The molecule has 0 aromatic heterocycles. The minimum absolute atomic E-state index is 0.0373. The Morgan fingerprint density at radius 1 is 0.833 bits per heavy atom. The number of carbonyl (C=O) groups is 4. The SMILES string of the molecule is O=C1[C@H]2[C@H](CC=C3[C@H]2C[C@H]2C(=O)N(c4cccc(Cl)c4)C(=O)[C@@]2(c2ccccc2)[C@H]3c2cc(OC(F)(F)F)ccc2O)C(=O)N1CCc1ccc(O)cc1. The average molecular weight is 757 g/mol. The molecular formula is C41H32ClF3N2O7. The van der Waals surface area contributed by atoms with E-state index < -0.39 is 70.6 Å². The first-order chi connectivity index (χ1) is 25.8. The Labute approximate surface area is 312 Å². The molecule has 276 valence electrons. The Morgan fingerprint density at radius 2 is 1.57 bits per heavy atom. The molecule has 2 aliphatic carbocycles. The van der Waals surface area contributed by atoms with Crippen LogP contribution < -0.4 is 9.64 Å². The molecule has 13 heteroatoms. The summed E-state index contributed by atoms with van der Waals surface area (Å²) in [5, 5.41) is 21.5. The minimum atomic E-state index is -5.08. The first kappa shape index (κ1) is 35.4. The van der Waals surface area contributed by atoms with Crippen LogP contribution in [0.25, 0.3) is 0 Å². The first-order valence-electron chi connectivity index (χ1n) is 17.4. The van der Waals surface area contributed by atoms with Gasteiger partial charge in [0, 0.05) is 23.0 Å². The summed E-state index contributed by atoms with van der Waals surface area (Å²) in [5.74, 6) is -8.10. The van der Waals surface area contributed by atoms with Gasteiger partial charge in [0.1, 0.15) is 17.2 Å². The van der Waals surface area contributed by atoms with Gasteiger partial charge in [0.2, 0.25) is 23.6 Å². The zero-order valence-corrected chi connectivity index (χ0v) is 29.1. The fourth-order valence-electron chi connectivity index (χ4n) is 9.24. The van der Waals surface area contributed by atoms with E-state index in [0.29, 0.717) is 17.6 Å². The maximum Gasteiger partial charge on any atom is 0.573 e. The number of fused-ring (bicyclic) bond motifs is 4. The van der Waals surface area contributed by atoms with Gasteiger partial charge in [-0.05, 0) is 84.8 Å². The van der Waals surface area contributed by atoms with E-state index in [2.05, 4.69) is 4.74 Å². The molecule has 0 unspecified atom stereocenters. The molecule has 0 spiro atoms. The number of alkyl halides is 3. The van der Waals surface area contributed by atoms with E-state index in [1.807, 2.05) is 0 Å². The van der Waals surface area contributed by atoms with Crippen LogP contribution >= 0.6 is 11.6 Å². The summed E-state index contributed by atoms with van der Waals surface area (Å²) in [6, 6.07) is 24.0. The summed E-state index contributed by atoms with van der Waals surface area (Å²) in [7, 11) is 0. The molecule has 2 N–H and O–H groups in total. The highest BCUT2D eigenvalue weighted by molar-refractivity contribution is 6.32. The smallest absolute Gasteiger partial charge is 0.508 e. The molecule has 4 aliphatic rings. The number of rotatable bonds is 7. The maximum atomic E-state index is 15.3. The summed E-state index contributed by atoms with van der Waals surface area (Å²) in [4.78, 5) is 60.7. The zero-order valence-electron chi connectivity index (χ0n) is 28.4. The summed E-state index contributed by atoms with van der Waals surface area (Å²) in [6.07, 6.45) is -2.95. The van der Waals surface area contributed by atoms with E-state index in [1.165, 1.54) is 23.1 Å². The maximum absolute atomic E-state index is 15.3. The lowest BCUT2D eigenvalue weighted by Crippen LogP contribution is -2.53. The Morgan fingerprint density at radius 3 is 2.28 bits per heavy atom. The lowest BCUT2D eigenvalue weighted by molar-refractivity contribution is -0.274. The molecule has 2 heterocycles. The van der Waals surface area contributed by atoms with Gasteiger partial charge in [-0.1, -0.05) is 71.8 Å². The van der Waals surface area contributed by atoms with Gasteiger partial charge in [0.05, 0.1) is 28.9 Å². The number of halogens is 4. The second-order valence-electron chi connectivity index (χ2n) is 14.1. The van der Waals surface area contributed by atoms with Crippen LogP contribution in [0, 0.1) is 23.7 Å². The fourth-order valence-corrected chi connectivity index (χ4v) is 9.42. The Kier molecular flexibility index (Phi) is 8.56. The van der Waals surface area contributed by atoms with Crippen molar-refractivity contribution in [1.29, 1.82) is 0 Å². The minimum Gasteiger partial charge on any atom is -0.508 e. The van der Waals surface area contributed by atoms with Crippen molar-refractivity contribution in [1.82, 2.24) is 4.90 Å². The van der Waals surface area contributed by atoms with Crippen molar-refractivity contribution in [3.05, 3.63) is 130 Å². The van der Waals surface area contributed by atoms with Gasteiger partial charge in [0.25, 0.3) is 0 Å². The summed E-state index contributed by atoms with van der Waals surface area (Å²) in [5.41, 5.74) is -0.0903. The third-order valence-electron chi connectivity index (χ3n) is 11.4. The molecule has 54 heavy (non-hydrogen) atoms. The van der Waals surface area contributed by atoms with E-state index in [9.17, 15) is 37.8 Å². The monoisotopic (exact) mass is 756 g/mol. The highest BCUT2D eigenvalue weighted by atomic mass is 35.5. The van der Waals surface area contributed by atoms with Crippen molar-refractivity contribution < 1.29 is 47.3 Å². The van der Waals surface area contributed by atoms with E-state index in [4.69, 9.17) is 11.6 Å². The van der Waals surface area contributed by atoms with Gasteiger partial charge in [0.15, 0.2) is 0 Å². The van der Waals surface area contributed by atoms with Gasteiger partial charge in [-0.25, -0.2) is 4.90 Å². The van der Waals surface area contributed by atoms with Gasteiger partial charge < -0.3 is 14.9 Å². The number of carbonyl (C=O) groups excluding carboxylic acids is 4. The number of imide groups is 2. The lowest BCUT2D eigenvalue weighted by atomic mass is 9.49. The largest absolute Gasteiger partial charge is 0.573 e. The molecular weight excluding hydrogens is 725 g/mol. The Bertz CT molecular complexity index is 2230. The number of aromatic hydroxyl groups is 2. The number of nitrogens with zero attached hydrogens (tertiary/aromatic N) is 2. The summed E-state index contributed by atoms with van der Waals surface area (Å²) >= 11 is 6.33. The van der Waals surface area contributed by atoms with Crippen LogP contribution in [0.5, 0.6) is 17.2 Å². The number of allylic oxidation sites excluding steroid dienone is 2. The molecule has 4 aromatic rings. The van der Waals surface area contributed by atoms with E-state index in [1.54, 1.807) is 66.7 Å². The van der Waals surface area contributed by atoms with Crippen LogP contribution in [-0.2, 0) is 31.0 Å². The van der Waals surface area contributed by atoms with Crippen LogP contribution in [-0.4, -0.2) is 51.6 Å². The molecule has 6 atom stereocenters. The van der Waals surface area contributed by atoms with Crippen molar-refractivity contribution in [2.75, 3.05) is 11.4 Å². The topological polar surface area (TPSA) is 124 Å². The number of anilines is 1. The fraction of sp³-hybridized carbons (Fsp3) is 0.268. The van der Waals surface area contributed by atoms with Crippen molar-refractivity contribution in [3.63, 3.8) is 0 Å². The number of hydrogen-bond acceptors (Lipinski definition) is 7.